The molecule has 0 aromatic carbocycles. The van der Waals surface area contributed by atoms with Crippen molar-refractivity contribution in [2.45, 2.75) is 0 Å². The maximum atomic E-state index is 11.6. The van der Waals surface area contributed by atoms with Crippen LogP contribution in [0.15, 0.2) is 34.8 Å². The number of rotatable bonds is 3. The average Bonchev–Trinajstić information content (AvgIpc) is 2.84. The van der Waals surface area contributed by atoms with E-state index in [1.807, 2.05) is 0 Å². The van der Waals surface area contributed by atoms with Crippen LogP contribution in [0.25, 0.3) is 6.08 Å². The van der Waals surface area contributed by atoms with Crippen molar-refractivity contribution in [3.63, 3.8) is 0 Å². The van der Waals surface area contributed by atoms with Crippen molar-refractivity contribution >= 4 is 46.4 Å². The number of allylic oxidation sites excluding steroid dienone is 1. The van der Waals surface area contributed by atoms with E-state index in [0.717, 1.165) is 0 Å². The zero-order chi connectivity index (χ0) is 11.5. The van der Waals surface area contributed by atoms with E-state index in [-0.39, 0.29) is 5.78 Å². The Morgan fingerprint density at radius 1 is 1.25 bits per heavy atom. The maximum Gasteiger partial charge on any atom is 0.195 e. The monoisotopic (exact) mass is 272 g/mol. The second-order valence-corrected chi connectivity index (χ2v) is 5.03. The maximum absolute atomic E-state index is 11.6. The van der Waals surface area contributed by atoms with Crippen molar-refractivity contribution in [2.24, 2.45) is 0 Å². The SMILES string of the molecule is O=C(C=Cc1ccc(Cl)o1)c1ccc(Cl)s1. The van der Waals surface area contributed by atoms with Crippen LogP contribution in [0.4, 0.5) is 0 Å². The minimum absolute atomic E-state index is 0.107. The molecule has 16 heavy (non-hydrogen) atoms. The van der Waals surface area contributed by atoms with Gasteiger partial charge in [0.25, 0.3) is 0 Å². The lowest BCUT2D eigenvalue weighted by atomic mass is 10.3. The number of carbonyl (C=O) groups is 1. The first kappa shape index (κ1) is 11.5. The summed E-state index contributed by atoms with van der Waals surface area (Å²) in [5.74, 6) is 0.436. The molecule has 0 aliphatic carbocycles. The van der Waals surface area contributed by atoms with Crippen molar-refractivity contribution in [3.05, 3.63) is 50.5 Å². The third-order valence-corrected chi connectivity index (χ3v) is 3.26. The van der Waals surface area contributed by atoms with Crippen LogP contribution >= 0.6 is 34.5 Å². The molecule has 2 aromatic rings. The lowest BCUT2D eigenvalue weighted by molar-refractivity contribution is 0.105. The van der Waals surface area contributed by atoms with Crippen molar-refractivity contribution in [2.75, 3.05) is 0 Å². The van der Waals surface area contributed by atoms with Gasteiger partial charge in [0.2, 0.25) is 0 Å². The fraction of sp³-hybridized carbons (Fsp3) is 0. The Bertz CT molecular complexity index is 540. The third-order valence-electron chi connectivity index (χ3n) is 1.81. The molecule has 0 unspecified atom stereocenters. The summed E-state index contributed by atoms with van der Waals surface area (Å²) >= 11 is 12.6. The molecule has 2 aromatic heterocycles. The molecule has 2 nitrogen and oxygen atoms in total. The second-order valence-electron chi connectivity index (χ2n) is 2.94. The van der Waals surface area contributed by atoms with Crippen molar-refractivity contribution in [3.8, 4) is 0 Å². The van der Waals surface area contributed by atoms with Gasteiger partial charge in [0.15, 0.2) is 11.0 Å². The number of hydrogen-bond donors (Lipinski definition) is 0. The van der Waals surface area contributed by atoms with E-state index in [1.165, 1.54) is 17.4 Å². The third kappa shape index (κ3) is 2.76. The van der Waals surface area contributed by atoms with E-state index in [2.05, 4.69) is 0 Å². The summed E-state index contributed by atoms with van der Waals surface area (Å²) in [7, 11) is 0. The van der Waals surface area contributed by atoms with Gasteiger partial charge in [-0.3, -0.25) is 4.79 Å². The molecule has 82 valence electrons. The standard InChI is InChI=1S/C11H6Cl2O2S/c12-10-5-2-7(15-10)1-3-8(14)9-4-6-11(13)16-9/h1-6H. The molecule has 0 fully saturated rings. The fourth-order valence-electron chi connectivity index (χ4n) is 1.10. The fourth-order valence-corrected chi connectivity index (χ4v) is 2.22. The summed E-state index contributed by atoms with van der Waals surface area (Å²) < 4.78 is 5.67. The van der Waals surface area contributed by atoms with E-state index in [9.17, 15) is 4.79 Å². The van der Waals surface area contributed by atoms with E-state index in [4.69, 9.17) is 27.6 Å². The molecular weight excluding hydrogens is 267 g/mol. The van der Waals surface area contributed by atoms with E-state index in [1.54, 1.807) is 30.3 Å². The van der Waals surface area contributed by atoms with Gasteiger partial charge in [-0.15, -0.1) is 11.3 Å². The zero-order valence-electron chi connectivity index (χ0n) is 7.94. The van der Waals surface area contributed by atoms with Crippen molar-refractivity contribution in [1.82, 2.24) is 0 Å². The molecule has 0 atom stereocenters. The Kier molecular flexibility index (Phi) is 3.49. The van der Waals surface area contributed by atoms with Gasteiger partial charge in [-0.2, -0.15) is 0 Å². The van der Waals surface area contributed by atoms with E-state index < -0.39 is 0 Å². The first-order chi connectivity index (χ1) is 7.65. The van der Waals surface area contributed by atoms with Crippen LogP contribution in [0.3, 0.4) is 0 Å². The Hall–Kier alpha value is -1.03. The highest BCUT2D eigenvalue weighted by Gasteiger charge is 2.05. The number of carbonyl (C=O) groups excluding carboxylic acids is 1. The average molecular weight is 273 g/mol. The van der Waals surface area contributed by atoms with E-state index in [0.29, 0.717) is 20.2 Å². The number of ketones is 1. The number of halogens is 2. The summed E-state index contributed by atoms with van der Waals surface area (Å²) in [6.07, 6.45) is 3.00. The molecule has 2 heterocycles. The number of furan rings is 1. The molecule has 0 N–H and O–H groups in total. The second kappa shape index (κ2) is 4.87. The molecule has 0 saturated heterocycles. The Morgan fingerprint density at radius 3 is 2.62 bits per heavy atom. The van der Waals surface area contributed by atoms with Gasteiger partial charge >= 0.3 is 0 Å². The molecule has 0 saturated carbocycles. The van der Waals surface area contributed by atoms with Gasteiger partial charge in [-0.25, -0.2) is 0 Å². The Balaban J connectivity index is 2.10. The summed E-state index contributed by atoms with van der Waals surface area (Å²) in [5.41, 5.74) is 0. The lowest BCUT2D eigenvalue weighted by Gasteiger charge is -1.87. The summed E-state index contributed by atoms with van der Waals surface area (Å²) in [6, 6.07) is 6.69. The van der Waals surface area contributed by atoms with E-state index >= 15 is 0 Å². The highest BCUT2D eigenvalue weighted by Crippen LogP contribution is 2.22. The van der Waals surface area contributed by atoms with Crippen LogP contribution in [-0.4, -0.2) is 5.78 Å². The van der Waals surface area contributed by atoms with Crippen molar-refractivity contribution < 1.29 is 9.21 Å². The van der Waals surface area contributed by atoms with Gasteiger partial charge < -0.3 is 4.42 Å². The van der Waals surface area contributed by atoms with Gasteiger partial charge in [-0.1, -0.05) is 11.6 Å². The summed E-state index contributed by atoms with van der Waals surface area (Å²) in [5, 5.41) is 0.297. The van der Waals surface area contributed by atoms with Gasteiger partial charge in [0, 0.05) is 0 Å². The molecule has 0 amide bonds. The van der Waals surface area contributed by atoms with Gasteiger partial charge in [0.1, 0.15) is 5.76 Å². The van der Waals surface area contributed by atoms with Crippen LogP contribution in [-0.2, 0) is 0 Å². The zero-order valence-corrected chi connectivity index (χ0v) is 10.3. The van der Waals surface area contributed by atoms with Gasteiger partial charge in [0.05, 0.1) is 9.21 Å². The highest BCUT2D eigenvalue weighted by molar-refractivity contribution is 7.18. The quantitative estimate of drug-likeness (QED) is 0.606. The predicted octanol–water partition coefficient (Wildman–Crippen LogP) is 4.54. The predicted molar refractivity (Wildman–Crippen MR) is 66.4 cm³/mol. The summed E-state index contributed by atoms with van der Waals surface area (Å²) in [6.45, 7) is 0. The van der Waals surface area contributed by atoms with Crippen LogP contribution in [0.1, 0.15) is 15.4 Å². The topological polar surface area (TPSA) is 30.2 Å². The molecule has 5 heteroatoms. The van der Waals surface area contributed by atoms with Crippen molar-refractivity contribution in [1.29, 1.82) is 0 Å². The Morgan fingerprint density at radius 2 is 2.06 bits per heavy atom. The molecule has 0 spiro atoms. The van der Waals surface area contributed by atoms with Gasteiger partial charge in [-0.05, 0) is 48.0 Å². The molecular formula is C11H6Cl2O2S. The molecule has 2 rings (SSSR count). The lowest BCUT2D eigenvalue weighted by Crippen LogP contribution is -1.88. The normalized spacial score (nSPS) is 11.1. The Labute approximate surface area is 106 Å². The molecule has 0 radical (unpaired) electrons. The number of hydrogen-bond acceptors (Lipinski definition) is 3. The minimum Gasteiger partial charge on any atom is -0.445 e. The minimum atomic E-state index is -0.107. The van der Waals surface area contributed by atoms with Crippen LogP contribution in [0, 0.1) is 0 Å². The molecule has 0 aliphatic heterocycles. The first-order valence-electron chi connectivity index (χ1n) is 4.38. The van der Waals surface area contributed by atoms with Crippen LogP contribution in [0.5, 0.6) is 0 Å². The highest BCUT2D eigenvalue weighted by atomic mass is 35.5. The largest absolute Gasteiger partial charge is 0.445 e. The smallest absolute Gasteiger partial charge is 0.195 e. The first-order valence-corrected chi connectivity index (χ1v) is 5.95. The molecule has 0 bridgehead atoms. The number of thiophene rings is 1. The molecule has 0 aliphatic rings. The van der Waals surface area contributed by atoms with Crippen LogP contribution in [0.2, 0.25) is 9.56 Å². The van der Waals surface area contributed by atoms with Crippen LogP contribution < -0.4 is 0 Å². The summed E-state index contributed by atoms with van der Waals surface area (Å²) in [4.78, 5) is 12.2.